The summed E-state index contributed by atoms with van der Waals surface area (Å²) in [4.78, 5) is 46.6. The van der Waals surface area contributed by atoms with Gasteiger partial charge in [-0.1, -0.05) is 24.3 Å². The standard InChI is InChI=1S/C70H52F6N8O7/c71-51-19-39(31-77)7-9-43(51)35-87-65-5-1-3-57(81-65)49-27-53(73)45(21-55(49)75)25-63-79-59-13-11-41(23-61(59)83(63)33-47-29-69(15-16-69)37-89-47)67(85)91-68(86)42-12-14-60-62(24-42)84(34-48-30-70(17-18-70)38-90-48)64(80-60)26-46-22-56(76)50(28-54(46)74)58-4-2-6-66(82-58)88-36-44-10-8-40(32-78)20-52(44)72/h1-14,19-24,27-28,47-48H,15-18,25-26,29-30,33-38H2. The third kappa shape index (κ3) is 12.1. The Balaban J connectivity index is 0.702. The van der Waals surface area contributed by atoms with Gasteiger partial charge in [0.05, 0.1) is 106 Å². The molecule has 6 heterocycles. The van der Waals surface area contributed by atoms with Crippen LogP contribution in [0.2, 0.25) is 0 Å². The molecule has 21 heteroatoms. The number of carbonyl (C=O) groups excluding carboxylic acids is 2. The summed E-state index contributed by atoms with van der Waals surface area (Å²) in [6, 6.07) is 34.2. The topological polar surface area (TPSA) is 189 Å². The van der Waals surface area contributed by atoms with Crippen LogP contribution in [0.3, 0.4) is 0 Å². The molecule has 4 aliphatic rings. The first-order chi connectivity index (χ1) is 44.1. The number of fused-ring (bicyclic) bond motifs is 2. The van der Waals surface area contributed by atoms with Gasteiger partial charge in [0.15, 0.2) is 0 Å². The van der Waals surface area contributed by atoms with Crippen molar-refractivity contribution in [2.45, 2.75) is 89.9 Å². The van der Waals surface area contributed by atoms with Crippen LogP contribution in [-0.2, 0) is 53.4 Å². The zero-order chi connectivity index (χ0) is 62.7. The lowest BCUT2D eigenvalue weighted by atomic mass is 10.0. The number of nitrogens with zero attached hydrogens (tertiary/aromatic N) is 8. The average Bonchev–Trinajstić information content (AvgIpc) is 1.67. The van der Waals surface area contributed by atoms with Gasteiger partial charge in [0.25, 0.3) is 0 Å². The van der Waals surface area contributed by atoms with Crippen molar-refractivity contribution >= 4 is 34.0 Å². The Morgan fingerprint density at radius 3 is 1.33 bits per heavy atom. The van der Waals surface area contributed by atoms with Crippen molar-refractivity contribution in [3.63, 3.8) is 0 Å². The Morgan fingerprint density at radius 1 is 0.505 bits per heavy atom. The first-order valence-corrected chi connectivity index (χ1v) is 29.6. The van der Waals surface area contributed by atoms with Crippen LogP contribution in [-0.4, -0.2) is 66.4 Å². The lowest BCUT2D eigenvalue weighted by Crippen LogP contribution is -2.18. The van der Waals surface area contributed by atoms with Crippen LogP contribution in [0.4, 0.5) is 26.3 Å². The number of aromatic nitrogens is 6. The molecule has 0 radical (unpaired) electrons. The zero-order valence-corrected chi connectivity index (χ0v) is 48.5. The van der Waals surface area contributed by atoms with E-state index in [1.54, 1.807) is 36.4 Å². The van der Waals surface area contributed by atoms with E-state index in [1.165, 1.54) is 60.7 Å². The zero-order valence-electron chi connectivity index (χ0n) is 48.5. The highest BCUT2D eigenvalue weighted by Crippen LogP contribution is 2.55. The molecule has 4 fully saturated rings. The van der Waals surface area contributed by atoms with Crippen molar-refractivity contribution < 1.29 is 59.6 Å². The van der Waals surface area contributed by atoms with Crippen LogP contribution < -0.4 is 9.47 Å². The molecule has 14 rings (SSSR count). The van der Waals surface area contributed by atoms with Crippen LogP contribution in [0.25, 0.3) is 44.6 Å². The number of esters is 2. The summed E-state index contributed by atoms with van der Waals surface area (Å²) in [5, 5.41) is 18.2. The minimum absolute atomic E-state index is 0.0103. The van der Waals surface area contributed by atoms with E-state index in [4.69, 9.17) is 44.2 Å². The van der Waals surface area contributed by atoms with E-state index in [1.807, 2.05) is 21.3 Å². The summed E-state index contributed by atoms with van der Waals surface area (Å²) < 4.78 is 127. The highest BCUT2D eigenvalue weighted by Gasteiger charge is 2.50. The second-order valence-corrected chi connectivity index (χ2v) is 24.0. The van der Waals surface area contributed by atoms with Crippen molar-refractivity contribution in [2.24, 2.45) is 10.8 Å². The SMILES string of the molecule is N#Cc1ccc(COc2cccc(-c3cc(F)c(Cc4nc5ccc(C(=O)OC(=O)c6ccc7nc(Cc8cc(F)c(-c9cccc(OCc%10ccc(C#N)cc%10F)n9)cc8F)n(CC8CC9(CC9)CO8)c7c6)cc5n4CC4CC5(CC5)CO4)cc3F)n2)c(F)c1. The molecule has 15 nitrogen and oxygen atoms in total. The van der Waals surface area contributed by atoms with Crippen molar-refractivity contribution in [1.82, 2.24) is 29.1 Å². The molecule has 2 atom stereocenters. The molecule has 2 aliphatic carbocycles. The number of imidazole rings is 2. The Morgan fingerprint density at radius 2 is 0.934 bits per heavy atom. The first kappa shape index (κ1) is 58.5. The maximum absolute atomic E-state index is 16.3. The molecule has 2 saturated carbocycles. The summed E-state index contributed by atoms with van der Waals surface area (Å²) >= 11 is 0. The molecular formula is C70H52F6N8O7. The Bertz CT molecular complexity index is 4410. The predicted molar refractivity (Wildman–Crippen MR) is 317 cm³/mol. The molecule has 4 aromatic heterocycles. The van der Waals surface area contributed by atoms with Gasteiger partial charge < -0.3 is 32.8 Å². The highest BCUT2D eigenvalue weighted by atomic mass is 19.1. The third-order valence-corrected chi connectivity index (χ3v) is 17.7. The monoisotopic (exact) mass is 1230 g/mol. The number of rotatable bonds is 18. The van der Waals surface area contributed by atoms with Gasteiger partial charge in [0.1, 0.15) is 59.8 Å². The van der Waals surface area contributed by atoms with Gasteiger partial charge in [-0.15, -0.1) is 0 Å². The van der Waals surface area contributed by atoms with Gasteiger partial charge in [-0.25, -0.2) is 55.9 Å². The Labute approximate surface area is 516 Å². The van der Waals surface area contributed by atoms with Gasteiger partial charge in [0, 0.05) is 47.2 Å². The summed E-state index contributed by atoms with van der Waals surface area (Å²) in [7, 11) is 0. The fourth-order valence-electron chi connectivity index (χ4n) is 12.2. The fraction of sp³-hybridized carbons (Fsp3) is 0.257. The van der Waals surface area contributed by atoms with Crippen molar-refractivity contribution in [2.75, 3.05) is 13.2 Å². The van der Waals surface area contributed by atoms with Gasteiger partial charge >= 0.3 is 11.9 Å². The predicted octanol–water partition coefficient (Wildman–Crippen LogP) is 13.6. The van der Waals surface area contributed by atoms with E-state index in [2.05, 4.69) is 9.97 Å². The van der Waals surface area contributed by atoms with E-state index in [9.17, 15) is 18.4 Å². The maximum Gasteiger partial charge on any atom is 0.346 e. The Kier molecular flexibility index (Phi) is 15.2. The number of hydrogen-bond donors (Lipinski definition) is 0. The van der Waals surface area contributed by atoms with E-state index in [0.29, 0.717) is 46.9 Å². The molecule has 10 aromatic rings. The molecule has 2 spiro atoms. The Hall–Kier alpha value is -10.2. The van der Waals surface area contributed by atoms with Gasteiger partial charge in [0.2, 0.25) is 11.8 Å². The first-order valence-electron chi connectivity index (χ1n) is 29.6. The second kappa shape index (κ2) is 23.6. The molecule has 6 aromatic carbocycles. The number of carbonyl (C=O) groups is 2. The van der Waals surface area contributed by atoms with Crippen LogP contribution in [0.1, 0.15) is 104 Å². The average molecular weight is 1230 g/mol. The van der Waals surface area contributed by atoms with E-state index < -0.39 is 46.8 Å². The smallest absolute Gasteiger partial charge is 0.346 e. The summed E-state index contributed by atoms with van der Waals surface area (Å²) in [6.45, 7) is 1.28. The maximum atomic E-state index is 16.3. The quantitative estimate of drug-likeness (QED) is 0.0449. The molecule has 0 bridgehead atoms. The number of ether oxygens (including phenoxy) is 5. The van der Waals surface area contributed by atoms with Crippen molar-refractivity contribution in [3.8, 4) is 46.4 Å². The number of pyridine rings is 2. The summed E-state index contributed by atoms with van der Waals surface area (Å²) in [5.74, 6) is -5.46. The molecule has 2 unspecified atom stereocenters. The van der Waals surface area contributed by atoms with E-state index in [0.717, 1.165) is 74.9 Å². The highest BCUT2D eigenvalue weighted by molar-refractivity contribution is 6.05. The molecule has 2 aliphatic heterocycles. The summed E-state index contributed by atoms with van der Waals surface area (Å²) in [6.07, 6.45) is 4.89. The number of hydrogen-bond acceptors (Lipinski definition) is 13. The molecule has 0 amide bonds. The van der Waals surface area contributed by atoms with Gasteiger partial charge in [-0.2, -0.15) is 10.5 Å². The third-order valence-electron chi connectivity index (χ3n) is 17.7. The number of halogens is 6. The van der Waals surface area contributed by atoms with Crippen LogP contribution in [0.15, 0.2) is 133 Å². The molecule has 91 heavy (non-hydrogen) atoms. The number of nitriles is 2. The van der Waals surface area contributed by atoms with Crippen LogP contribution >= 0.6 is 0 Å². The van der Waals surface area contributed by atoms with E-state index in [-0.39, 0.29) is 141 Å². The normalized spacial score (nSPS) is 16.7. The number of benzene rings is 6. The van der Waals surface area contributed by atoms with E-state index >= 15 is 17.6 Å². The van der Waals surface area contributed by atoms with Crippen molar-refractivity contribution in [1.29, 1.82) is 10.5 Å². The van der Waals surface area contributed by atoms with Gasteiger partial charge in [-0.05, 0) is 158 Å². The summed E-state index contributed by atoms with van der Waals surface area (Å²) in [5.41, 5.74) is 2.50. The lowest BCUT2D eigenvalue weighted by molar-refractivity contribution is 0.0397. The lowest BCUT2D eigenvalue weighted by Gasteiger charge is -2.16. The van der Waals surface area contributed by atoms with Gasteiger partial charge in [-0.3, -0.25) is 0 Å². The largest absolute Gasteiger partial charge is 0.473 e. The van der Waals surface area contributed by atoms with Crippen LogP contribution in [0.5, 0.6) is 11.8 Å². The fourth-order valence-corrected chi connectivity index (χ4v) is 12.2. The van der Waals surface area contributed by atoms with Crippen LogP contribution in [0, 0.1) is 68.4 Å². The molecule has 0 N–H and O–H groups in total. The van der Waals surface area contributed by atoms with Crippen molar-refractivity contribution in [3.05, 3.63) is 225 Å². The molecule has 2 saturated heterocycles. The molecular weight excluding hydrogens is 1180 g/mol. The molecule has 456 valence electrons. The second-order valence-electron chi connectivity index (χ2n) is 24.0. The minimum atomic E-state index is -0.972. The minimum Gasteiger partial charge on any atom is -0.473 e.